The zero-order valence-electron chi connectivity index (χ0n) is 18.5. The predicted octanol–water partition coefficient (Wildman–Crippen LogP) is 6.77. The van der Waals surface area contributed by atoms with Gasteiger partial charge in [-0.05, 0) is 37.5 Å². The lowest BCUT2D eigenvalue weighted by Gasteiger charge is -2.31. The zero-order valence-corrected chi connectivity index (χ0v) is 20.1. The molecule has 30 heavy (non-hydrogen) atoms. The number of ether oxygens (including phenoxy) is 1. The van der Waals surface area contributed by atoms with Crippen LogP contribution in [0, 0.1) is 5.92 Å². The molecular weight excluding hydrogens is 442 g/mol. The average Bonchev–Trinajstić information content (AvgIpc) is 2.77. The molecule has 0 spiro atoms. The molecule has 0 aliphatic carbocycles. The van der Waals surface area contributed by atoms with E-state index in [2.05, 4.69) is 22.9 Å². The summed E-state index contributed by atoms with van der Waals surface area (Å²) in [5.41, 5.74) is 0.686. The summed E-state index contributed by atoms with van der Waals surface area (Å²) >= 11 is 3.41. The Morgan fingerprint density at radius 1 is 0.967 bits per heavy atom. The van der Waals surface area contributed by atoms with Crippen LogP contribution in [-0.2, 0) is 9.53 Å². The topological polar surface area (TPSA) is 46.6 Å². The van der Waals surface area contributed by atoms with Crippen molar-refractivity contribution in [3.8, 4) is 0 Å². The van der Waals surface area contributed by atoms with Gasteiger partial charge in [0.1, 0.15) is 0 Å². The van der Waals surface area contributed by atoms with Crippen LogP contribution in [0.25, 0.3) is 0 Å². The summed E-state index contributed by atoms with van der Waals surface area (Å²) in [5, 5.41) is 0. The minimum atomic E-state index is -0.0829. The van der Waals surface area contributed by atoms with Gasteiger partial charge in [-0.1, -0.05) is 86.7 Å². The molecule has 1 fully saturated rings. The summed E-state index contributed by atoms with van der Waals surface area (Å²) in [6.07, 6.45) is 14.1. The number of unbranched alkanes of at least 4 members (excludes halogenated alkanes) is 9. The summed E-state index contributed by atoms with van der Waals surface area (Å²) in [5.74, 6) is -0.117. The molecule has 0 unspecified atom stereocenters. The van der Waals surface area contributed by atoms with Gasteiger partial charge in [0.25, 0.3) is 5.91 Å². The first-order valence-electron chi connectivity index (χ1n) is 11.8. The molecular formula is C25H38BrNO3. The first-order valence-corrected chi connectivity index (χ1v) is 12.6. The number of amides is 1. The van der Waals surface area contributed by atoms with E-state index in [1.165, 1.54) is 51.4 Å². The molecule has 1 aliphatic rings. The maximum atomic E-state index is 12.6. The molecule has 0 aromatic heterocycles. The van der Waals surface area contributed by atoms with Gasteiger partial charge in [0, 0.05) is 23.1 Å². The number of likely N-dealkylation sites (tertiary alicyclic amines) is 1. The maximum Gasteiger partial charge on any atom is 0.309 e. The largest absolute Gasteiger partial charge is 0.465 e. The third kappa shape index (κ3) is 9.20. The van der Waals surface area contributed by atoms with Crippen molar-refractivity contribution in [2.24, 2.45) is 5.92 Å². The highest BCUT2D eigenvalue weighted by Crippen LogP contribution is 2.22. The molecule has 1 aromatic rings. The van der Waals surface area contributed by atoms with Gasteiger partial charge in [-0.15, -0.1) is 0 Å². The monoisotopic (exact) mass is 479 g/mol. The van der Waals surface area contributed by atoms with E-state index < -0.39 is 0 Å². The van der Waals surface area contributed by atoms with E-state index in [1.54, 1.807) is 0 Å². The lowest BCUT2D eigenvalue weighted by Crippen LogP contribution is -2.40. The fourth-order valence-corrected chi connectivity index (χ4v) is 4.40. The van der Waals surface area contributed by atoms with Crippen LogP contribution in [0.15, 0.2) is 28.7 Å². The van der Waals surface area contributed by atoms with E-state index in [-0.39, 0.29) is 17.8 Å². The molecule has 1 amide bonds. The van der Waals surface area contributed by atoms with Gasteiger partial charge < -0.3 is 9.64 Å². The van der Waals surface area contributed by atoms with Crippen LogP contribution in [0.1, 0.15) is 94.3 Å². The molecule has 4 nitrogen and oxygen atoms in total. The average molecular weight is 480 g/mol. The lowest BCUT2D eigenvalue weighted by molar-refractivity contribution is -0.150. The van der Waals surface area contributed by atoms with Crippen molar-refractivity contribution in [2.75, 3.05) is 19.7 Å². The van der Waals surface area contributed by atoms with E-state index in [0.29, 0.717) is 38.1 Å². The summed E-state index contributed by atoms with van der Waals surface area (Å²) in [7, 11) is 0. The van der Waals surface area contributed by atoms with Crippen LogP contribution in [0.2, 0.25) is 0 Å². The quantitative estimate of drug-likeness (QED) is 0.231. The Kier molecular flexibility index (Phi) is 12.1. The van der Waals surface area contributed by atoms with Crippen LogP contribution in [0.4, 0.5) is 0 Å². The second-order valence-corrected chi connectivity index (χ2v) is 9.34. The Labute approximate surface area is 190 Å². The van der Waals surface area contributed by atoms with Crippen LogP contribution >= 0.6 is 15.9 Å². The fraction of sp³-hybridized carbons (Fsp3) is 0.680. The summed E-state index contributed by atoms with van der Waals surface area (Å²) < 4.78 is 6.40. The fourth-order valence-electron chi connectivity index (χ4n) is 4.00. The SMILES string of the molecule is CCCCCCCCCCCCOC(=O)C1CCN(C(=O)c2cccc(Br)c2)CC1. The molecule has 0 radical (unpaired) electrons. The van der Waals surface area contributed by atoms with E-state index >= 15 is 0 Å². The van der Waals surface area contributed by atoms with Crippen molar-refractivity contribution < 1.29 is 14.3 Å². The Morgan fingerprint density at radius 3 is 2.17 bits per heavy atom. The molecule has 0 N–H and O–H groups in total. The second kappa shape index (κ2) is 14.6. The van der Waals surface area contributed by atoms with Gasteiger partial charge in [-0.3, -0.25) is 9.59 Å². The number of hydrogen-bond donors (Lipinski definition) is 0. The van der Waals surface area contributed by atoms with E-state index in [0.717, 1.165) is 17.3 Å². The Hall–Kier alpha value is -1.36. The van der Waals surface area contributed by atoms with Crippen LogP contribution in [-0.4, -0.2) is 36.5 Å². The van der Waals surface area contributed by atoms with Gasteiger partial charge in [0.15, 0.2) is 0 Å². The third-order valence-corrected chi connectivity index (χ3v) is 6.42. The van der Waals surface area contributed by atoms with Crippen molar-refractivity contribution in [1.82, 2.24) is 4.90 Å². The molecule has 0 bridgehead atoms. The summed E-state index contributed by atoms with van der Waals surface area (Å²) in [6, 6.07) is 7.46. The van der Waals surface area contributed by atoms with E-state index in [4.69, 9.17) is 4.74 Å². The molecule has 1 aromatic carbocycles. The first kappa shape index (κ1) is 24.9. The highest BCUT2D eigenvalue weighted by molar-refractivity contribution is 9.10. The van der Waals surface area contributed by atoms with E-state index in [9.17, 15) is 9.59 Å². The molecule has 1 saturated heterocycles. The zero-order chi connectivity index (χ0) is 21.6. The number of nitrogens with zero attached hydrogens (tertiary/aromatic N) is 1. The van der Waals surface area contributed by atoms with Gasteiger partial charge in [0.2, 0.25) is 0 Å². The van der Waals surface area contributed by atoms with Crippen molar-refractivity contribution in [2.45, 2.75) is 84.0 Å². The summed E-state index contributed by atoms with van der Waals surface area (Å²) in [4.78, 5) is 26.8. The van der Waals surface area contributed by atoms with Gasteiger partial charge in [0.05, 0.1) is 12.5 Å². The Morgan fingerprint density at radius 2 is 1.57 bits per heavy atom. The molecule has 168 valence electrons. The number of carbonyl (C=O) groups excluding carboxylic acids is 2. The molecule has 2 rings (SSSR count). The minimum Gasteiger partial charge on any atom is -0.465 e. The highest BCUT2D eigenvalue weighted by Gasteiger charge is 2.28. The normalized spacial score (nSPS) is 14.7. The highest BCUT2D eigenvalue weighted by atomic mass is 79.9. The number of carbonyl (C=O) groups is 2. The first-order chi connectivity index (χ1) is 14.6. The van der Waals surface area contributed by atoms with Crippen LogP contribution in [0.5, 0.6) is 0 Å². The van der Waals surface area contributed by atoms with Crippen molar-refractivity contribution in [3.05, 3.63) is 34.3 Å². The molecule has 1 aliphatic heterocycles. The lowest BCUT2D eigenvalue weighted by atomic mass is 9.96. The standard InChI is InChI=1S/C25H38BrNO3/c1-2-3-4-5-6-7-8-9-10-11-19-30-25(29)21-15-17-27(18-16-21)24(28)22-13-12-14-23(26)20-22/h12-14,20-21H,2-11,15-19H2,1H3. The van der Waals surface area contributed by atoms with Gasteiger partial charge in [-0.25, -0.2) is 0 Å². The number of hydrogen-bond acceptors (Lipinski definition) is 3. The Bertz CT molecular complexity index is 641. The molecule has 0 saturated carbocycles. The number of halogens is 1. The Balaban J connectivity index is 1.52. The number of benzene rings is 1. The molecule has 0 atom stereocenters. The van der Waals surface area contributed by atoms with Gasteiger partial charge in [-0.2, -0.15) is 0 Å². The van der Waals surface area contributed by atoms with Crippen molar-refractivity contribution in [3.63, 3.8) is 0 Å². The number of rotatable bonds is 13. The second-order valence-electron chi connectivity index (χ2n) is 8.43. The van der Waals surface area contributed by atoms with Crippen LogP contribution in [0.3, 0.4) is 0 Å². The maximum absolute atomic E-state index is 12.6. The van der Waals surface area contributed by atoms with Gasteiger partial charge >= 0.3 is 5.97 Å². The van der Waals surface area contributed by atoms with E-state index in [1.807, 2.05) is 29.2 Å². The minimum absolute atomic E-state index is 0.0356. The van der Waals surface area contributed by atoms with Crippen molar-refractivity contribution in [1.29, 1.82) is 0 Å². The number of piperidine rings is 1. The number of esters is 1. The molecule has 5 heteroatoms. The third-order valence-electron chi connectivity index (χ3n) is 5.93. The predicted molar refractivity (Wildman–Crippen MR) is 126 cm³/mol. The molecule has 1 heterocycles. The van der Waals surface area contributed by atoms with Crippen LogP contribution < -0.4 is 0 Å². The smallest absolute Gasteiger partial charge is 0.309 e. The summed E-state index contributed by atoms with van der Waals surface area (Å²) in [6.45, 7) is 4.02. The van der Waals surface area contributed by atoms with Crippen molar-refractivity contribution >= 4 is 27.8 Å².